The Kier molecular flexibility index (Phi) is 5.84. The third-order valence-electron chi connectivity index (χ3n) is 4.65. The van der Waals surface area contributed by atoms with E-state index in [4.69, 9.17) is 16.7 Å². The number of carbonyl (C=O) groups excluding carboxylic acids is 2. The summed E-state index contributed by atoms with van der Waals surface area (Å²) in [5.74, 6) is -3.85. The molecular formula is C20H15ClN2O7. The number of amides is 1. The van der Waals surface area contributed by atoms with Crippen LogP contribution in [0.5, 0.6) is 0 Å². The van der Waals surface area contributed by atoms with Crippen molar-refractivity contribution in [1.82, 2.24) is 4.90 Å². The average Bonchev–Trinajstić information content (AvgIpc) is 2.96. The van der Waals surface area contributed by atoms with Gasteiger partial charge in [0.25, 0.3) is 17.4 Å². The number of rotatable bonds is 6. The van der Waals surface area contributed by atoms with Crippen LogP contribution in [0.1, 0.15) is 23.6 Å². The zero-order valence-corrected chi connectivity index (χ0v) is 16.1. The highest BCUT2D eigenvalue weighted by molar-refractivity contribution is 6.46. The van der Waals surface area contributed by atoms with Gasteiger partial charge in [-0.05, 0) is 30.3 Å². The van der Waals surface area contributed by atoms with Crippen molar-refractivity contribution in [3.8, 4) is 0 Å². The predicted octanol–water partition coefficient (Wildman–Crippen LogP) is 3.14. The van der Waals surface area contributed by atoms with Gasteiger partial charge in [-0.15, -0.1) is 0 Å². The van der Waals surface area contributed by atoms with E-state index in [0.717, 1.165) is 4.90 Å². The smallest absolute Gasteiger partial charge is 0.305 e. The maximum atomic E-state index is 12.8. The SMILES string of the molecule is O=C(O)CCN1C(=O)C(=O)C(=C(O)c2ccc(Cl)cc2)[C@@H]1c1ccccc1[N+](=O)[O-]. The predicted molar refractivity (Wildman–Crippen MR) is 106 cm³/mol. The van der Waals surface area contributed by atoms with E-state index in [1.54, 1.807) is 0 Å². The number of likely N-dealkylation sites (tertiary alicyclic amines) is 1. The van der Waals surface area contributed by atoms with Crippen molar-refractivity contribution < 1.29 is 29.5 Å². The number of Topliss-reactive ketones (excluding diaryl/α,β-unsaturated/α-hetero) is 1. The van der Waals surface area contributed by atoms with Crippen LogP contribution in [0.4, 0.5) is 5.69 Å². The van der Waals surface area contributed by atoms with Crippen molar-refractivity contribution in [2.75, 3.05) is 6.54 Å². The number of carbonyl (C=O) groups is 3. The number of nitrogens with zero attached hydrogens (tertiary/aromatic N) is 2. The van der Waals surface area contributed by atoms with Crippen LogP contribution < -0.4 is 0 Å². The van der Waals surface area contributed by atoms with E-state index in [-0.39, 0.29) is 28.9 Å². The molecule has 0 radical (unpaired) electrons. The first kappa shape index (κ1) is 21.0. The number of hydrogen-bond acceptors (Lipinski definition) is 6. The molecule has 1 amide bonds. The third-order valence-corrected chi connectivity index (χ3v) is 4.90. The fourth-order valence-electron chi connectivity index (χ4n) is 3.30. The molecule has 1 fully saturated rings. The Balaban J connectivity index is 2.23. The third kappa shape index (κ3) is 3.87. The van der Waals surface area contributed by atoms with Crippen LogP contribution in [0, 0.1) is 10.1 Å². The lowest BCUT2D eigenvalue weighted by molar-refractivity contribution is -0.385. The number of benzene rings is 2. The first-order valence-corrected chi connectivity index (χ1v) is 9.09. The molecule has 3 rings (SSSR count). The number of aliphatic hydroxyl groups excluding tert-OH is 1. The number of aliphatic hydroxyl groups is 1. The van der Waals surface area contributed by atoms with Gasteiger partial charge in [-0.2, -0.15) is 0 Å². The Labute approximate surface area is 175 Å². The van der Waals surface area contributed by atoms with E-state index in [1.807, 2.05) is 0 Å². The number of nitro benzene ring substituents is 1. The van der Waals surface area contributed by atoms with Crippen LogP contribution in [-0.4, -0.2) is 44.2 Å². The molecule has 154 valence electrons. The van der Waals surface area contributed by atoms with Gasteiger partial charge in [-0.1, -0.05) is 23.7 Å². The van der Waals surface area contributed by atoms with Gasteiger partial charge >= 0.3 is 5.97 Å². The lowest BCUT2D eigenvalue weighted by Crippen LogP contribution is -2.32. The van der Waals surface area contributed by atoms with E-state index in [0.29, 0.717) is 5.02 Å². The van der Waals surface area contributed by atoms with Gasteiger partial charge < -0.3 is 15.1 Å². The van der Waals surface area contributed by atoms with Gasteiger partial charge in [-0.3, -0.25) is 24.5 Å². The normalized spacial score (nSPS) is 17.9. The molecule has 9 nitrogen and oxygen atoms in total. The van der Waals surface area contributed by atoms with Crippen LogP contribution in [0.3, 0.4) is 0 Å². The summed E-state index contributed by atoms with van der Waals surface area (Å²) >= 11 is 5.84. The van der Waals surface area contributed by atoms with Crippen LogP contribution in [0.2, 0.25) is 5.02 Å². The molecule has 0 spiro atoms. The first-order valence-electron chi connectivity index (χ1n) is 8.71. The number of aliphatic carboxylic acids is 1. The zero-order chi connectivity index (χ0) is 22.0. The van der Waals surface area contributed by atoms with Crippen LogP contribution in [-0.2, 0) is 14.4 Å². The molecule has 2 aromatic carbocycles. The van der Waals surface area contributed by atoms with Gasteiger partial charge in [0, 0.05) is 23.2 Å². The van der Waals surface area contributed by atoms with Crippen molar-refractivity contribution >= 4 is 40.7 Å². The molecule has 1 atom stereocenters. The zero-order valence-electron chi connectivity index (χ0n) is 15.3. The minimum atomic E-state index is -1.32. The first-order chi connectivity index (χ1) is 14.2. The van der Waals surface area contributed by atoms with Crippen molar-refractivity contribution in [1.29, 1.82) is 0 Å². The Bertz CT molecular complexity index is 1080. The van der Waals surface area contributed by atoms with Crippen molar-refractivity contribution in [2.45, 2.75) is 12.5 Å². The molecule has 1 aliphatic rings. The topological polar surface area (TPSA) is 138 Å². The molecular weight excluding hydrogens is 416 g/mol. The van der Waals surface area contributed by atoms with Gasteiger partial charge in [-0.25, -0.2) is 0 Å². The van der Waals surface area contributed by atoms with Crippen LogP contribution in [0.25, 0.3) is 5.76 Å². The molecule has 2 aromatic rings. The van der Waals surface area contributed by atoms with Gasteiger partial charge in [0.1, 0.15) is 5.76 Å². The number of hydrogen-bond donors (Lipinski definition) is 2. The maximum absolute atomic E-state index is 12.8. The Morgan fingerprint density at radius 3 is 2.33 bits per heavy atom. The summed E-state index contributed by atoms with van der Waals surface area (Å²) in [6, 6.07) is 9.95. The van der Waals surface area contributed by atoms with Crippen molar-refractivity contribution in [3.63, 3.8) is 0 Å². The van der Waals surface area contributed by atoms with Crippen molar-refractivity contribution in [3.05, 3.63) is 80.4 Å². The second-order valence-electron chi connectivity index (χ2n) is 6.46. The summed E-state index contributed by atoms with van der Waals surface area (Å²) in [5.41, 5.74) is -0.560. The monoisotopic (exact) mass is 430 g/mol. The fraction of sp³-hybridized carbons (Fsp3) is 0.150. The highest BCUT2D eigenvalue weighted by Crippen LogP contribution is 2.42. The minimum Gasteiger partial charge on any atom is -0.507 e. The summed E-state index contributed by atoms with van der Waals surface area (Å²) in [6.07, 6.45) is -0.481. The molecule has 0 bridgehead atoms. The molecule has 10 heteroatoms. The second-order valence-corrected chi connectivity index (χ2v) is 6.90. The Morgan fingerprint density at radius 2 is 1.73 bits per heavy atom. The maximum Gasteiger partial charge on any atom is 0.305 e. The molecule has 2 N–H and O–H groups in total. The lowest BCUT2D eigenvalue weighted by Gasteiger charge is -2.24. The Hall–Kier alpha value is -3.72. The van der Waals surface area contributed by atoms with Gasteiger partial charge in [0.2, 0.25) is 0 Å². The van der Waals surface area contributed by atoms with E-state index < -0.39 is 40.8 Å². The summed E-state index contributed by atoms with van der Waals surface area (Å²) < 4.78 is 0. The van der Waals surface area contributed by atoms with Crippen LogP contribution >= 0.6 is 11.6 Å². The van der Waals surface area contributed by atoms with Crippen molar-refractivity contribution in [2.24, 2.45) is 0 Å². The standard InChI is InChI=1S/C20H15ClN2O7/c21-12-7-5-11(6-8-12)18(26)16-17(13-3-1-2-4-14(13)23(29)30)22(10-9-15(24)25)20(28)19(16)27/h1-8,17,26H,9-10H2,(H,24,25)/t17-/m0/s1. The average molecular weight is 431 g/mol. The highest BCUT2D eigenvalue weighted by Gasteiger charge is 2.48. The van der Waals surface area contributed by atoms with Gasteiger partial charge in [0.05, 0.1) is 28.5 Å². The van der Waals surface area contributed by atoms with Crippen LogP contribution in [0.15, 0.2) is 54.1 Å². The lowest BCUT2D eigenvalue weighted by atomic mass is 9.94. The quantitative estimate of drug-likeness (QED) is 0.236. The Morgan fingerprint density at radius 1 is 1.10 bits per heavy atom. The van der Waals surface area contributed by atoms with E-state index in [1.165, 1.54) is 48.5 Å². The fourth-order valence-corrected chi connectivity index (χ4v) is 3.42. The number of ketones is 1. The summed E-state index contributed by atoms with van der Waals surface area (Å²) in [5, 5.41) is 31.7. The highest BCUT2D eigenvalue weighted by atomic mass is 35.5. The molecule has 30 heavy (non-hydrogen) atoms. The summed E-state index contributed by atoms with van der Waals surface area (Å²) in [4.78, 5) is 48.2. The largest absolute Gasteiger partial charge is 0.507 e. The number of nitro groups is 1. The van der Waals surface area contributed by atoms with Gasteiger partial charge in [0.15, 0.2) is 0 Å². The number of halogens is 1. The molecule has 1 heterocycles. The molecule has 1 aliphatic heterocycles. The minimum absolute atomic E-state index is 0.0115. The summed E-state index contributed by atoms with van der Waals surface area (Å²) in [7, 11) is 0. The molecule has 1 saturated heterocycles. The van der Waals surface area contributed by atoms with E-state index in [2.05, 4.69) is 0 Å². The molecule has 0 aromatic heterocycles. The van der Waals surface area contributed by atoms with E-state index in [9.17, 15) is 29.6 Å². The number of para-hydroxylation sites is 1. The van der Waals surface area contributed by atoms with E-state index >= 15 is 0 Å². The molecule has 0 aliphatic carbocycles. The number of carboxylic acids is 1. The molecule has 0 unspecified atom stereocenters. The summed E-state index contributed by atoms with van der Waals surface area (Å²) in [6.45, 7) is -0.367. The second kappa shape index (κ2) is 8.34. The number of carboxylic acid groups (broad SMARTS) is 1. The molecule has 0 saturated carbocycles.